The highest BCUT2D eigenvalue weighted by Gasteiger charge is 2.25. The number of anilines is 2. The van der Waals surface area contributed by atoms with Gasteiger partial charge in [0.25, 0.3) is 0 Å². The van der Waals surface area contributed by atoms with Crippen molar-refractivity contribution in [1.29, 1.82) is 0 Å². The molecule has 0 aliphatic carbocycles. The van der Waals surface area contributed by atoms with Crippen LogP contribution in [0.1, 0.15) is 30.5 Å². The zero-order valence-corrected chi connectivity index (χ0v) is 28.9. The third-order valence-corrected chi connectivity index (χ3v) is 8.62. The molecule has 4 aromatic rings. The predicted molar refractivity (Wildman–Crippen MR) is 190 cm³/mol. The van der Waals surface area contributed by atoms with Crippen LogP contribution in [0.15, 0.2) is 113 Å². The van der Waals surface area contributed by atoms with Gasteiger partial charge in [0, 0.05) is 58.7 Å². The number of carbonyl (C=O) groups is 2. The van der Waals surface area contributed by atoms with Gasteiger partial charge in [0.15, 0.2) is 0 Å². The van der Waals surface area contributed by atoms with Crippen molar-refractivity contribution < 1.29 is 19.8 Å². The van der Waals surface area contributed by atoms with Gasteiger partial charge in [0.1, 0.15) is 5.82 Å². The summed E-state index contributed by atoms with van der Waals surface area (Å²) in [6, 6.07) is 27.3. The van der Waals surface area contributed by atoms with E-state index in [1.165, 1.54) is 21.0 Å². The molecule has 5 rings (SSSR count). The van der Waals surface area contributed by atoms with Crippen LogP contribution in [0.4, 0.5) is 11.5 Å². The molecule has 0 bridgehead atoms. The minimum absolute atomic E-state index is 0.320. The molecule has 9 nitrogen and oxygen atoms in total. The largest absolute Gasteiger partial charge is 0.478 e. The van der Waals surface area contributed by atoms with Crippen molar-refractivity contribution in [2.45, 2.75) is 35.1 Å². The van der Waals surface area contributed by atoms with Crippen molar-refractivity contribution in [3.63, 3.8) is 0 Å². The first-order valence-electron chi connectivity index (χ1n) is 15.1. The molecule has 0 amide bonds. The third kappa shape index (κ3) is 12.1. The van der Waals surface area contributed by atoms with Crippen molar-refractivity contribution in [3.05, 3.63) is 120 Å². The number of halogens is 1. The number of aliphatic carboxylic acids is 2. The van der Waals surface area contributed by atoms with Gasteiger partial charge in [-0.3, -0.25) is 4.98 Å². The molecule has 1 aliphatic heterocycles. The third-order valence-electron chi connectivity index (χ3n) is 7.26. The molecule has 0 radical (unpaired) electrons. The number of benzene rings is 2. The van der Waals surface area contributed by atoms with E-state index in [4.69, 9.17) is 21.8 Å². The Morgan fingerprint density at radius 3 is 2.06 bits per heavy atom. The van der Waals surface area contributed by atoms with Crippen LogP contribution in [-0.4, -0.2) is 89.2 Å². The van der Waals surface area contributed by atoms with Crippen LogP contribution in [0.2, 0.25) is 5.02 Å². The molecule has 0 saturated heterocycles. The van der Waals surface area contributed by atoms with E-state index >= 15 is 0 Å². The number of nitrogens with zero attached hydrogens (tertiary/aromatic N) is 5. The summed E-state index contributed by atoms with van der Waals surface area (Å²) in [5.74, 6) is -1.12. The summed E-state index contributed by atoms with van der Waals surface area (Å²) in [6.07, 6.45) is 5.89. The Balaban J connectivity index is 0.000000209. The topological polar surface area (TPSA) is 110 Å². The average Bonchev–Trinajstić information content (AvgIpc) is 3.05. The van der Waals surface area contributed by atoms with Crippen LogP contribution >= 0.6 is 23.4 Å². The molecule has 3 heterocycles. The molecule has 2 atom stereocenters. The maximum atomic E-state index is 9.55. The van der Waals surface area contributed by atoms with Gasteiger partial charge in [-0.1, -0.05) is 53.7 Å². The van der Waals surface area contributed by atoms with Crippen LogP contribution in [0.25, 0.3) is 0 Å². The SMILES string of the molecule is CC(CN1c2ccccc2Sc2cccnc21)N(C)C.CN(C)CCC(c1ccc(Cl)cc1)c1ccccn1.O=C(O)/C=C\C(=O)O. The summed E-state index contributed by atoms with van der Waals surface area (Å²) in [4.78, 5) is 37.5. The summed E-state index contributed by atoms with van der Waals surface area (Å²) in [5, 5.41) is 16.4. The lowest BCUT2D eigenvalue weighted by Crippen LogP contribution is -2.37. The number of carboxylic acids is 2. The molecule has 1 aliphatic rings. The highest BCUT2D eigenvalue weighted by Crippen LogP contribution is 2.46. The van der Waals surface area contributed by atoms with Crippen LogP contribution < -0.4 is 4.90 Å². The van der Waals surface area contributed by atoms with E-state index in [9.17, 15) is 9.59 Å². The van der Waals surface area contributed by atoms with Crippen molar-refractivity contribution in [1.82, 2.24) is 19.8 Å². The lowest BCUT2D eigenvalue weighted by Gasteiger charge is -2.34. The van der Waals surface area contributed by atoms with Gasteiger partial charge in [0.2, 0.25) is 0 Å². The van der Waals surface area contributed by atoms with Gasteiger partial charge >= 0.3 is 11.9 Å². The first-order valence-corrected chi connectivity index (χ1v) is 16.3. The number of para-hydroxylation sites is 1. The van der Waals surface area contributed by atoms with E-state index in [1.807, 2.05) is 42.7 Å². The standard InChI is InChI=1S/C16H19ClN2.C16H19N3S.C4H4O4/c1-19(2)12-10-15(16-5-3-4-11-18-16)13-6-8-14(17)9-7-13;1-12(18(2)3)11-19-13-7-4-5-8-14(13)20-15-9-6-10-17-16(15)19;5-3(6)1-2-4(7)8/h3-9,11,15H,10,12H2,1-2H3;4-10,12H,11H2,1-3H3;1-2H,(H,5,6)(H,7,8)/b;;2-1-. The summed E-state index contributed by atoms with van der Waals surface area (Å²) in [6.45, 7) is 4.21. The molecule has 2 unspecified atom stereocenters. The maximum Gasteiger partial charge on any atom is 0.328 e. The number of hydrogen-bond acceptors (Lipinski definition) is 8. The number of fused-ring (bicyclic) bond motifs is 2. The van der Waals surface area contributed by atoms with Crippen LogP contribution in [0, 0.1) is 0 Å². The normalized spacial score (nSPS) is 13.1. The molecule has 47 heavy (non-hydrogen) atoms. The molecule has 0 saturated carbocycles. The number of aromatic nitrogens is 2. The second-order valence-electron chi connectivity index (χ2n) is 11.3. The Morgan fingerprint density at radius 2 is 1.47 bits per heavy atom. The van der Waals surface area contributed by atoms with Gasteiger partial charge in [-0.05, 0) is 102 Å². The van der Waals surface area contributed by atoms with Crippen LogP contribution in [0.5, 0.6) is 0 Å². The minimum atomic E-state index is -1.26. The Bertz CT molecular complexity index is 1540. The van der Waals surface area contributed by atoms with Crippen LogP contribution in [0.3, 0.4) is 0 Å². The molecule has 2 aromatic carbocycles. The molecule has 0 spiro atoms. The average molecular weight is 676 g/mol. The smallest absolute Gasteiger partial charge is 0.328 e. The van der Waals surface area contributed by atoms with E-state index in [1.54, 1.807) is 11.8 Å². The second kappa shape index (κ2) is 18.8. The number of carboxylic acid groups (broad SMARTS) is 2. The van der Waals surface area contributed by atoms with Crippen molar-refractivity contribution in [2.24, 2.45) is 0 Å². The molecular formula is C36H42ClN5O4S. The molecule has 2 N–H and O–H groups in total. The Kier molecular flexibility index (Phi) is 14.9. The monoisotopic (exact) mass is 675 g/mol. The van der Waals surface area contributed by atoms with E-state index in [2.05, 4.69) is 108 Å². The quantitative estimate of drug-likeness (QED) is 0.168. The zero-order chi connectivity index (χ0) is 34.3. The zero-order valence-electron chi connectivity index (χ0n) is 27.3. The van der Waals surface area contributed by atoms with Gasteiger partial charge in [-0.15, -0.1) is 0 Å². The molecule has 0 fully saturated rings. The van der Waals surface area contributed by atoms with Gasteiger partial charge < -0.3 is 24.9 Å². The van der Waals surface area contributed by atoms with Crippen molar-refractivity contribution in [3.8, 4) is 0 Å². The van der Waals surface area contributed by atoms with E-state index < -0.39 is 11.9 Å². The summed E-state index contributed by atoms with van der Waals surface area (Å²) >= 11 is 7.77. The Morgan fingerprint density at radius 1 is 0.851 bits per heavy atom. The van der Waals surface area contributed by atoms with Gasteiger partial charge in [-0.25, -0.2) is 14.6 Å². The lowest BCUT2D eigenvalue weighted by molar-refractivity contribution is -0.134. The Labute approximate surface area is 286 Å². The maximum absolute atomic E-state index is 9.55. The molecule has 2 aromatic heterocycles. The number of likely N-dealkylation sites (N-methyl/N-ethyl adjacent to an activating group) is 1. The fourth-order valence-corrected chi connectivity index (χ4v) is 5.76. The fourth-order valence-electron chi connectivity index (χ4n) is 4.57. The van der Waals surface area contributed by atoms with E-state index in [-0.39, 0.29) is 0 Å². The van der Waals surface area contributed by atoms with Crippen molar-refractivity contribution in [2.75, 3.05) is 46.2 Å². The fraction of sp³-hybridized carbons (Fsp3) is 0.278. The van der Waals surface area contributed by atoms with Crippen molar-refractivity contribution >= 4 is 46.8 Å². The summed E-state index contributed by atoms with van der Waals surface area (Å²) in [5.41, 5.74) is 3.65. The highest BCUT2D eigenvalue weighted by atomic mass is 35.5. The minimum Gasteiger partial charge on any atom is -0.478 e. The van der Waals surface area contributed by atoms with Gasteiger partial charge in [0.05, 0.1) is 10.6 Å². The van der Waals surface area contributed by atoms with E-state index in [0.717, 1.165) is 36.0 Å². The predicted octanol–water partition coefficient (Wildman–Crippen LogP) is 7.16. The number of pyridine rings is 2. The lowest BCUT2D eigenvalue weighted by atomic mass is 9.92. The highest BCUT2D eigenvalue weighted by molar-refractivity contribution is 7.99. The molecular weight excluding hydrogens is 634 g/mol. The Hall–Kier alpha value is -4.22. The first kappa shape index (κ1) is 37.2. The van der Waals surface area contributed by atoms with Gasteiger partial charge in [-0.2, -0.15) is 0 Å². The summed E-state index contributed by atoms with van der Waals surface area (Å²) in [7, 11) is 8.43. The van der Waals surface area contributed by atoms with Crippen LogP contribution in [-0.2, 0) is 9.59 Å². The number of hydrogen-bond donors (Lipinski definition) is 2. The second-order valence-corrected chi connectivity index (χ2v) is 12.8. The summed E-state index contributed by atoms with van der Waals surface area (Å²) < 4.78 is 0. The number of rotatable bonds is 10. The molecule has 11 heteroatoms. The van der Waals surface area contributed by atoms with E-state index in [0.29, 0.717) is 24.1 Å². The molecule has 248 valence electrons. The first-order chi connectivity index (χ1) is 22.5.